The maximum Gasteiger partial charge on any atom is 0.408 e. The van der Waals surface area contributed by atoms with Gasteiger partial charge < -0.3 is 36.3 Å². The van der Waals surface area contributed by atoms with Crippen LogP contribution < -0.4 is 21.7 Å². The summed E-state index contributed by atoms with van der Waals surface area (Å²) in [6.07, 6.45) is -2.85. The van der Waals surface area contributed by atoms with Crippen LogP contribution in [0.15, 0.2) is 48.5 Å². The van der Waals surface area contributed by atoms with E-state index in [0.717, 1.165) is 5.56 Å². The van der Waals surface area contributed by atoms with Crippen molar-refractivity contribution in [2.75, 3.05) is 11.9 Å². The van der Waals surface area contributed by atoms with Gasteiger partial charge >= 0.3 is 12.2 Å². The average Bonchev–Trinajstić information content (AvgIpc) is 2.88. The first-order valence-electron chi connectivity index (χ1n) is 11.8. The minimum absolute atomic E-state index is 0.00252. The van der Waals surface area contributed by atoms with Crippen LogP contribution in [0.2, 0.25) is 0 Å². The number of rotatable bonds is 10. The molecule has 2 rings (SSSR count). The summed E-state index contributed by atoms with van der Waals surface area (Å²) in [5.74, 6) is 4.09. The standard InChI is InChI=1S/C27H32N4O7/c1-17(2)23(38-26(28)35)25(34)30-18(3)24(33)31-22-12-11-21(15-32)20(14-22)10-7-13-29-27(36)37-16-19-8-5-4-6-9-19/h4-6,8-9,11-12,14,17-18,23,32H,13,15-16H2,1-3H3,(H2,28,35)(H,29,36)(H,30,34)(H,31,33). The van der Waals surface area contributed by atoms with E-state index in [2.05, 4.69) is 27.8 Å². The number of amides is 4. The molecule has 0 saturated heterocycles. The van der Waals surface area contributed by atoms with Crippen LogP contribution >= 0.6 is 0 Å². The van der Waals surface area contributed by atoms with Gasteiger partial charge in [0, 0.05) is 11.3 Å². The zero-order valence-corrected chi connectivity index (χ0v) is 21.4. The summed E-state index contributed by atoms with van der Waals surface area (Å²) in [7, 11) is 0. The number of nitrogens with one attached hydrogen (secondary N) is 3. The second kappa shape index (κ2) is 14.9. The van der Waals surface area contributed by atoms with Crippen molar-refractivity contribution in [2.24, 2.45) is 11.7 Å². The Morgan fingerprint density at radius 3 is 2.37 bits per heavy atom. The molecule has 6 N–H and O–H groups in total. The number of carbonyl (C=O) groups excluding carboxylic acids is 4. The Labute approximate surface area is 221 Å². The fourth-order valence-corrected chi connectivity index (χ4v) is 3.17. The van der Waals surface area contributed by atoms with Crippen LogP contribution in [0.1, 0.15) is 37.5 Å². The van der Waals surface area contributed by atoms with Gasteiger partial charge in [0.1, 0.15) is 12.6 Å². The third kappa shape index (κ3) is 9.83. The second-order valence-electron chi connectivity index (χ2n) is 8.57. The predicted octanol–water partition coefficient (Wildman–Crippen LogP) is 2.02. The van der Waals surface area contributed by atoms with E-state index in [4.69, 9.17) is 15.2 Å². The highest BCUT2D eigenvalue weighted by Crippen LogP contribution is 2.16. The summed E-state index contributed by atoms with van der Waals surface area (Å²) in [6.45, 7) is 4.67. The van der Waals surface area contributed by atoms with Gasteiger partial charge in [-0.05, 0) is 36.1 Å². The predicted molar refractivity (Wildman–Crippen MR) is 139 cm³/mol. The molecule has 0 heterocycles. The number of benzene rings is 2. The van der Waals surface area contributed by atoms with Crippen molar-refractivity contribution in [3.63, 3.8) is 0 Å². The normalized spacial score (nSPS) is 11.8. The molecule has 0 saturated carbocycles. The van der Waals surface area contributed by atoms with E-state index in [0.29, 0.717) is 16.8 Å². The van der Waals surface area contributed by atoms with Crippen molar-refractivity contribution >= 4 is 29.7 Å². The van der Waals surface area contributed by atoms with Crippen LogP contribution in [-0.4, -0.2) is 47.8 Å². The molecule has 0 bridgehead atoms. The molecule has 2 atom stereocenters. The van der Waals surface area contributed by atoms with E-state index in [-0.39, 0.29) is 25.7 Å². The van der Waals surface area contributed by atoms with Gasteiger partial charge in [-0.15, -0.1) is 0 Å². The number of nitrogens with two attached hydrogens (primary N) is 1. The zero-order chi connectivity index (χ0) is 28.1. The van der Waals surface area contributed by atoms with Crippen LogP contribution in [0.4, 0.5) is 15.3 Å². The molecule has 0 radical (unpaired) electrons. The number of alkyl carbamates (subject to hydrolysis) is 1. The molecule has 0 spiro atoms. The number of hydrogen-bond donors (Lipinski definition) is 5. The number of aliphatic hydroxyl groups excluding tert-OH is 1. The highest BCUT2D eigenvalue weighted by molar-refractivity contribution is 5.97. The van der Waals surface area contributed by atoms with Gasteiger partial charge in [0.05, 0.1) is 13.2 Å². The van der Waals surface area contributed by atoms with Gasteiger partial charge in [0.15, 0.2) is 6.10 Å². The molecule has 4 amide bonds. The van der Waals surface area contributed by atoms with Crippen LogP contribution in [0, 0.1) is 17.8 Å². The van der Waals surface area contributed by atoms with Gasteiger partial charge in [-0.2, -0.15) is 0 Å². The largest absolute Gasteiger partial charge is 0.445 e. The van der Waals surface area contributed by atoms with Crippen molar-refractivity contribution < 1.29 is 33.8 Å². The van der Waals surface area contributed by atoms with E-state index in [1.54, 1.807) is 32.0 Å². The van der Waals surface area contributed by atoms with E-state index in [1.807, 2.05) is 30.3 Å². The lowest BCUT2D eigenvalue weighted by atomic mass is 10.1. The third-order valence-electron chi connectivity index (χ3n) is 5.16. The number of aliphatic hydroxyl groups is 1. The maximum absolute atomic E-state index is 12.6. The van der Waals surface area contributed by atoms with Crippen molar-refractivity contribution in [1.29, 1.82) is 0 Å². The topological polar surface area (TPSA) is 169 Å². The summed E-state index contributed by atoms with van der Waals surface area (Å²) < 4.78 is 9.95. The molecule has 0 aromatic heterocycles. The molecule has 202 valence electrons. The fourth-order valence-electron chi connectivity index (χ4n) is 3.17. The first-order chi connectivity index (χ1) is 18.1. The first-order valence-corrected chi connectivity index (χ1v) is 11.8. The quantitative estimate of drug-likeness (QED) is 0.296. The highest BCUT2D eigenvalue weighted by atomic mass is 16.6. The van der Waals surface area contributed by atoms with Crippen molar-refractivity contribution in [2.45, 2.75) is 46.1 Å². The zero-order valence-electron chi connectivity index (χ0n) is 21.4. The molecule has 2 aromatic rings. The average molecular weight is 525 g/mol. The van der Waals surface area contributed by atoms with Crippen LogP contribution in [-0.2, 0) is 32.3 Å². The van der Waals surface area contributed by atoms with E-state index in [1.165, 1.54) is 6.92 Å². The Kier molecular flexibility index (Phi) is 11.6. The molecule has 0 aliphatic carbocycles. The Bertz CT molecular complexity index is 1190. The van der Waals surface area contributed by atoms with E-state index < -0.39 is 36.1 Å². The first kappa shape index (κ1) is 29.7. The number of carbonyl (C=O) groups is 4. The summed E-state index contributed by atoms with van der Waals surface area (Å²) in [5, 5.41) is 17.3. The fraction of sp³-hybridized carbons (Fsp3) is 0.333. The lowest BCUT2D eigenvalue weighted by molar-refractivity contribution is -0.134. The Morgan fingerprint density at radius 2 is 1.74 bits per heavy atom. The lowest BCUT2D eigenvalue weighted by Crippen LogP contribution is -2.49. The molecule has 0 aliphatic rings. The number of primary amides is 1. The number of hydrogen-bond acceptors (Lipinski definition) is 7. The van der Waals surface area contributed by atoms with Crippen LogP contribution in [0.3, 0.4) is 0 Å². The monoisotopic (exact) mass is 524 g/mol. The molecule has 0 fully saturated rings. The lowest BCUT2D eigenvalue weighted by Gasteiger charge is -2.22. The Morgan fingerprint density at radius 1 is 1.03 bits per heavy atom. The van der Waals surface area contributed by atoms with E-state index >= 15 is 0 Å². The summed E-state index contributed by atoms with van der Waals surface area (Å²) >= 11 is 0. The smallest absolute Gasteiger partial charge is 0.408 e. The molecule has 11 heteroatoms. The van der Waals surface area contributed by atoms with Crippen molar-refractivity contribution in [1.82, 2.24) is 10.6 Å². The third-order valence-corrected chi connectivity index (χ3v) is 5.16. The molecular weight excluding hydrogens is 492 g/mol. The minimum atomic E-state index is -1.14. The molecule has 2 unspecified atom stereocenters. The minimum Gasteiger partial charge on any atom is -0.445 e. The van der Waals surface area contributed by atoms with Crippen LogP contribution in [0.5, 0.6) is 0 Å². The Balaban J connectivity index is 1.95. The Hall–Kier alpha value is -4.56. The number of ether oxygens (including phenoxy) is 2. The summed E-state index contributed by atoms with van der Waals surface area (Å²) in [5.41, 5.74) is 7.21. The van der Waals surface area contributed by atoms with Gasteiger partial charge in [-0.1, -0.05) is 62.1 Å². The SMILES string of the molecule is CC(NC(=O)C(OC(N)=O)C(C)C)C(=O)Nc1ccc(CO)c(C#CCNC(=O)OCc2ccccc2)c1. The van der Waals surface area contributed by atoms with Crippen LogP contribution in [0.25, 0.3) is 0 Å². The van der Waals surface area contributed by atoms with Gasteiger partial charge in [-0.3, -0.25) is 9.59 Å². The molecule has 11 nitrogen and oxygen atoms in total. The second-order valence-corrected chi connectivity index (χ2v) is 8.57. The molecular formula is C27H32N4O7. The molecule has 38 heavy (non-hydrogen) atoms. The maximum atomic E-state index is 12.6. The highest BCUT2D eigenvalue weighted by Gasteiger charge is 2.28. The van der Waals surface area contributed by atoms with Gasteiger partial charge in [-0.25, -0.2) is 9.59 Å². The summed E-state index contributed by atoms with van der Waals surface area (Å²) in [4.78, 5) is 48.0. The molecule has 0 aliphatic heterocycles. The van der Waals surface area contributed by atoms with Crippen molar-refractivity contribution in [3.8, 4) is 11.8 Å². The van der Waals surface area contributed by atoms with Crippen molar-refractivity contribution in [3.05, 3.63) is 65.2 Å². The number of anilines is 1. The van der Waals surface area contributed by atoms with Gasteiger partial charge in [0.25, 0.3) is 5.91 Å². The summed E-state index contributed by atoms with van der Waals surface area (Å²) in [6, 6.07) is 13.0. The van der Waals surface area contributed by atoms with Gasteiger partial charge in [0.2, 0.25) is 5.91 Å². The molecule has 2 aromatic carbocycles. The van der Waals surface area contributed by atoms with E-state index in [9.17, 15) is 24.3 Å².